The predicted molar refractivity (Wildman–Crippen MR) is 125 cm³/mol. The lowest BCUT2D eigenvalue weighted by molar-refractivity contribution is 0.0695. The predicted octanol–water partition coefficient (Wildman–Crippen LogP) is 3.28. The van der Waals surface area contributed by atoms with E-state index < -0.39 is 11.4 Å². The molecule has 2 aromatic heterocycles. The summed E-state index contributed by atoms with van der Waals surface area (Å²) in [7, 11) is 0. The molecule has 0 atom stereocenters. The number of aromatic nitrogens is 2. The second-order valence-electron chi connectivity index (χ2n) is 7.03. The van der Waals surface area contributed by atoms with Gasteiger partial charge in [0.1, 0.15) is 22.9 Å². The molecule has 0 unspecified atom stereocenters. The number of thiazole rings is 1. The van der Waals surface area contributed by atoms with Gasteiger partial charge in [-0.3, -0.25) is 14.8 Å². The zero-order valence-corrected chi connectivity index (χ0v) is 18.2. The van der Waals surface area contributed by atoms with Crippen LogP contribution < -0.4 is 20.6 Å². The summed E-state index contributed by atoms with van der Waals surface area (Å²) >= 11 is 1.33. The Kier molecular flexibility index (Phi) is 6.36. The van der Waals surface area contributed by atoms with Gasteiger partial charge >= 0.3 is 5.97 Å². The van der Waals surface area contributed by atoms with Gasteiger partial charge < -0.3 is 20.3 Å². The molecular formula is C23H20N4O5S. The number of ether oxygens (including phenoxy) is 2. The molecule has 0 bridgehead atoms. The third kappa shape index (κ3) is 4.85. The number of carboxylic acid groups (broad SMARTS) is 1. The van der Waals surface area contributed by atoms with Crippen molar-refractivity contribution in [2.24, 2.45) is 5.73 Å². The number of carboxylic acids is 1. The summed E-state index contributed by atoms with van der Waals surface area (Å²) in [6, 6.07) is 11.9. The number of hydrogen-bond acceptors (Lipinski definition) is 7. The summed E-state index contributed by atoms with van der Waals surface area (Å²) in [6.07, 6.45) is 3.52. The van der Waals surface area contributed by atoms with E-state index in [-0.39, 0.29) is 16.8 Å². The summed E-state index contributed by atoms with van der Waals surface area (Å²) < 4.78 is 13.1. The van der Waals surface area contributed by atoms with E-state index in [0.29, 0.717) is 47.3 Å². The average Bonchev–Trinajstić information content (AvgIpc) is 3.34. The van der Waals surface area contributed by atoms with Gasteiger partial charge in [0.25, 0.3) is 0 Å². The molecule has 0 aliphatic heterocycles. The average molecular weight is 465 g/mol. The molecule has 9 nitrogen and oxygen atoms in total. The Morgan fingerprint density at radius 3 is 2.45 bits per heavy atom. The van der Waals surface area contributed by atoms with Crippen LogP contribution >= 0.6 is 11.3 Å². The number of benzene rings is 2. The van der Waals surface area contributed by atoms with Crippen LogP contribution in [0.3, 0.4) is 0 Å². The van der Waals surface area contributed by atoms with E-state index in [1.54, 1.807) is 58.6 Å². The van der Waals surface area contributed by atoms with Gasteiger partial charge in [0.2, 0.25) is 5.43 Å². The number of nitrogens with two attached hydrogens (primary N) is 1. The van der Waals surface area contributed by atoms with Crippen molar-refractivity contribution in [2.45, 2.75) is 6.42 Å². The topological polar surface area (TPSA) is 141 Å². The third-order valence-electron chi connectivity index (χ3n) is 4.82. The summed E-state index contributed by atoms with van der Waals surface area (Å²) in [5.41, 5.74) is 5.71. The van der Waals surface area contributed by atoms with Crippen molar-refractivity contribution in [3.05, 3.63) is 81.6 Å². The second kappa shape index (κ2) is 9.53. The number of fused-ring (bicyclic) bond motifs is 1. The number of nitrogens with zero attached hydrogens (tertiary/aromatic N) is 2. The molecule has 0 aliphatic carbocycles. The Labute approximate surface area is 192 Å². The molecule has 33 heavy (non-hydrogen) atoms. The first-order valence-corrected chi connectivity index (χ1v) is 10.8. The number of rotatable bonds is 9. The van der Waals surface area contributed by atoms with Gasteiger partial charge in [-0.05, 0) is 36.4 Å². The lowest BCUT2D eigenvalue weighted by Crippen LogP contribution is -2.18. The standard InChI is InChI=1S/C23H20N4O5S/c24-21(25)14-2-4-15(5-3-14)31-9-1-10-32-16-6-7-17-19(12-16)27(23-26-8-11-33-23)13-18(20(17)28)22(29)30/h2-8,11-13H,1,9-10H2,(H3,24,25)(H,29,30). The number of carbonyl (C=O) groups is 1. The summed E-state index contributed by atoms with van der Waals surface area (Å²) in [6.45, 7) is 0.810. The van der Waals surface area contributed by atoms with Crippen LogP contribution in [0.5, 0.6) is 11.5 Å². The van der Waals surface area contributed by atoms with Crippen LogP contribution in [-0.2, 0) is 0 Å². The first kappa shape index (κ1) is 22.0. The molecule has 0 radical (unpaired) electrons. The van der Waals surface area contributed by atoms with Crippen LogP contribution in [0.2, 0.25) is 0 Å². The van der Waals surface area contributed by atoms with Crippen molar-refractivity contribution in [3.63, 3.8) is 0 Å². The Morgan fingerprint density at radius 2 is 1.82 bits per heavy atom. The first-order valence-electron chi connectivity index (χ1n) is 9.96. The highest BCUT2D eigenvalue weighted by atomic mass is 32.1. The first-order chi connectivity index (χ1) is 15.9. The van der Waals surface area contributed by atoms with Gasteiger partial charge in [-0.1, -0.05) is 0 Å². The number of aromatic carboxylic acids is 1. The fourth-order valence-corrected chi connectivity index (χ4v) is 3.84. The van der Waals surface area contributed by atoms with Crippen molar-refractivity contribution in [3.8, 4) is 16.6 Å². The van der Waals surface area contributed by atoms with E-state index in [2.05, 4.69) is 4.98 Å². The fourth-order valence-electron chi connectivity index (χ4n) is 3.21. The molecule has 0 aliphatic rings. The maximum absolute atomic E-state index is 12.6. The largest absolute Gasteiger partial charge is 0.493 e. The Bertz CT molecular complexity index is 1360. The third-order valence-corrected chi connectivity index (χ3v) is 5.59. The van der Waals surface area contributed by atoms with Crippen molar-refractivity contribution >= 4 is 34.0 Å². The molecule has 0 spiro atoms. The van der Waals surface area contributed by atoms with Crippen LogP contribution in [0.1, 0.15) is 22.3 Å². The quantitative estimate of drug-likeness (QED) is 0.196. The Morgan fingerprint density at radius 1 is 1.12 bits per heavy atom. The van der Waals surface area contributed by atoms with E-state index in [1.165, 1.54) is 17.5 Å². The number of hydrogen-bond donors (Lipinski definition) is 3. The summed E-state index contributed by atoms with van der Waals surface area (Å²) in [4.78, 5) is 28.4. The zero-order chi connectivity index (χ0) is 23.4. The Hall–Kier alpha value is -4.18. The maximum atomic E-state index is 12.6. The molecule has 0 fully saturated rings. The van der Waals surface area contributed by atoms with Crippen LogP contribution in [0.4, 0.5) is 0 Å². The summed E-state index contributed by atoms with van der Waals surface area (Å²) in [5, 5.41) is 19.4. The number of amidine groups is 1. The lowest BCUT2D eigenvalue weighted by Gasteiger charge is -2.12. The van der Waals surface area contributed by atoms with E-state index in [0.717, 1.165) is 0 Å². The van der Waals surface area contributed by atoms with Gasteiger partial charge in [-0.25, -0.2) is 9.78 Å². The van der Waals surface area contributed by atoms with Gasteiger partial charge in [0.05, 0.1) is 18.7 Å². The van der Waals surface area contributed by atoms with E-state index in [4.69, 9.17) is 20.6 Å². The van der Waals surface area contributed by atoms with Gasteiger partial charge in [0.15, 0.2) is 5.13 Å². The highest BCUT2D eigenvalue weighted by Crippen LogP contribution is 2.24. The molecule has 0 saturated carbocycles. The minimum absolute atomic E-state index is 0.00444. The van der Waals surface area contributed by atoms with Gasteiger partial charge in [-0.2, -0.15) is 0 Å². The van der Waals surface area contributed by atoms with E-state index in [1.807, 2.05) is 0 Å². The normalized spacial score (nSPS) is 10.8. The minimum Gasteiger partial charge on any atom is -0.493 e. The van der Waals surface area contributed by atoms with Crippen LogP contribution in [0.15, 0.2) is 65.0 Å². The molecule has 168 valence electrons. The smallest absolute Gasteiger partial charge is 0.341 e. The lowest BCUT2D eigenvalue weighted by atomic mass is 10.1. The number of nitrogen functional groups attached to an aromatic ring is 1. The molecule has 2 heterocycles. The van der Waals surface area contributed by atoms with Gasteiger partial charge in [0, 0.05) is 41.2 Å². The monoisotopic (exact) mass is 464 g/mol. The number of pyridine rings is 1. The molecule has 2 aromatic carbocycles. The SMILES string of the molecule is N=C(N)c1ccc(OCCCOc2ccc3c(=O)c(C(=O)O)cn(-c4nccs4)c3c2)cc1. The van der Waals surface area contributed by atoms with Crippen molar-refractivity contribution < 1.29 is 19.4 Å². The fraction of sp³-hybridized carbons (Fsp3) is 0.130. The summed E-state index contributed by atoms with van der Waals surface area (Å²) in [5.74, 6) is -0.0678. The van der Waals surface area contributed by atoms with Crippen molar-refractivity contribution in [2.75, 3.05) is 13.2 Å². The van der Waals surface area contributed by atoms with Crippen LogP contribution in [-0.4, -0.2) is 39.7 Å². The molecule has 0 saturated heterocycles. The minimum atomic E-state index is -1.29. The maximum Gasteiger partial charge on any atom is 0.341 e. The number of nitrogens with one attached hydrogen (secondary N) is 1. The highest BCUT2D eigenvalue weighted by molar-refractivity contribution is 7.12. The molecule has 4 rings (SSSR count). The van der Waals surface area contributed by atoms with E-state index in [9.17, 15) is 14.7 Å². The van der Waals surface area contributed by atoms with Crippen LogP contribution in [0.25, 0.3) is 16.0 Å². The zero-order valence-electron chi connectivity index (χ0n) is 17.4. The van der Waals surface area contributed by atoms with Gasteiger partial charge in [-0.15, -0.1) is 11.3 Å². The molecular weight excluding hydrogens is 444 g/mol. The van der Waals surface area contributed by atoms with Crippen molar-refractivity contribution in [1.29, 1.82) is 5.41 Å². The van der Waals surface area contributed by atoms with Crippen molar-refractivity contribution in [1.82, 2.24) is 9.55 Å². The van der Waals surface area contributed by atoms with Crippen LogP contribution in [0, 0.1) is 5.41 Å². The highest BCUT2D eigenvalue weighted by Gasteiger charge is 2.17. The van der Waals surface area contributed by atoms with E-state index >= 15 is 0 Å². The second-order valence-corrected chi connectivity index (χ2v) is 7.90. The Balaban J connectivity index is 1.46. The molecule has 4 aromatic rings. The molecule has 10 heteroatoms. The molecule has 4 N–H and O–H groups in total. The molecule has 0 amide bonds.